The maximum atomic E-state index is 13.5. The van der Waals surface area contributed by atoms with Gasteiger partial charge in [0.25, 0.3) is 5.91 Å². The molecule has 0 saturated heterocycles. The topological polar surface area (TPSA) is 59.8 Å². The highest BCUT2D eigenvalue weighted by Crippen LogP contribution is 2.25. The molecule has 1 aliphatic heterocycles. The van der Waals surface area contributed by atoms with E-state index in [-0.39, 0.29) is 11.5 Å². The van der Waals surface area contributed by atoms with Crippen molar-refractivity contribution >= 4 is 23.6 Å². The predicted octanol–water partition coefficient (Wildman–Crippen LogP) is 2.30. The molecule has 2 aromatic rings. The average Bonchev–Trinajstić information content (AvgIpc) is 2.82. The molecular weight excluding hydrogens is 286 g/mol. The zero-order valence-corrected chi connectivity index (χ0v) is 11.1. The lowest BCUT2D eigenvalue weighted by molar-refractivity contribution is 0.102. The minimum Gasteiger partial charge on any atom is -0.290 e. The van der Waals surface area contributed by atoms with Crippen LogP contribution in [0.4, 0.5) is 14.7 Å². The van der Waals surface area contributed by atoms with Gasteiger partial charge in [-0.05, 0) is 18.6 Å². The second-order valence-electron chi connectivity index (χ2n) is 4.24. The Labute approximate surface area is 117 Å². The number of amides is 1. The quantitative estimate of drug-likeness (QED) is 0.924. The molecule has 5 nitrogen and oxygen atoms in total. The predicted molar refractivity (Wildman–Crippen MR) is 69.7 cm³/mol. The summed E-state index contributed by atoms with van der Waals surface area (Å²) in [7, 11) is 0. The zero-order chi connectivity index (χ0) is 14.1. The first kappa shape index (κ1) is 13.0. The Morgan fingerprint density at radius 3 is 3.00 bits per heavy atom. The lowest BCUT2D eigenvalue weighted by Gasteiger charge is -2.14. The van der Waals surface area contributed by atoms with Crippen LogP contribution in [0, 0.1) is 11.6 Å². The molecule has 20 heavy (non-hydrogen) atoms. The van der Waals surface area contributed by atoms with E-state index in [4.69, 9.17) is 0 Å². The third-order valence-corrected chi connectivity index (χ3v) is 3.93. The fraction of sp³-hybridized carbons (Fsp3) is 0.250. The highest BCUT2D eigenvalue weighted by molar-refractivity contribution is 7.99. The van der Waals surface area contributed by atoms with Gasteiger partial charge in [-0.3, -0.25) is 14.7 Å². The van der Waals surface area contributed by atoms with E-state index in [0.29, 0.717) is 12.6 Å². The number of thioether (sulfide) groups is 1. The van der Waals surface area contributed by atoms with Crippen molar-refractivity contribution in [3.05, 3.63) is 35.4 Å². The molecule has 1 aliphatic rings. The first-order valence-corrected chi connectivity index (χ1v) is 6.96. The molecule has 1 aromatic carbocycles. The molecule has 3 rings (SSSR count). The van der Waals surface area contributed by atoms with Crippen LogP contribution in [0.5, 0.6) is 0 Å². The number of hydrogen-bond acceptors (Lipinski definition) is 4. The van der Waals surface area contributed by atoms with E-state index in [2.05, 4.69) is 15.5 Å². The van der Waals surface area contributed by atoms with Gasteiger partial charge in [-0.15, -0.1) is 10.2 Å². The second kappa shape index (κ2) is 5.20. The van der Waals surface area contributed by atoms with E-state index in [1.54, 1.807) is 16.3 Å². The van der Waals surface area contributed by atoms with Crippen molar-refractivity contribution in [3.8, 4) is 0 Å². The normalized spacial score (nSPS) is 13.9. The molecule has 1 aromatic heterocycles. The molecule has 0 fully saturated rings. The molecule has 8 heteroatoms. The van der Waals surface area contributed by atoms with Crippen molar-refractivity contribution in [2.24, 2.45) is 0 Å². The van der Waals surface area contributed by atoms with Crippen molar-refractivity contribution in [3.63, 3.8) is 0 Å². The minimum atomic E-state index is -0.907. The molecule has 0 saturated carbocycles. The number of nitrogens with one attached hydrogen (secondary N) is 1. The Bertz CT molecular complexity index is 673. The van der Waals surface area contributed by atoms with Gasteiger partial charge >= 0.3 is 0 Å². The summed E-state index contributed by atoms with van der Waals surface area (Å²) in [5, 5.41) is 11.1. The fourth-order valence-corrected chi connectivity index (χ4v) is 2.81. The van der Waals surface area contributed by atoms with Gasteiger partial charge in [0.15, 0.2) is 5.16 Å². The third kappa shape index (κ3) is 2.38. The fourth-order valence-electron chi connectivity index (χ4n) is 1.92. The number of anilines is 1. The average molecular weight is 296 g/mol. The van der Waals surface area contributed by atoms with E-state index in [0.717, 1.165) is 29.5 Å². The second-order valence-corrected chi connectivity index (χ2v) is 5.30. The van der Waals surface area contributed by atoms with Crippen LogP contribution in [0.25, 0.3) is 0 Å². The Hall–Kier alpha value is -1.96. The lowest BCUT2D eigenvalue weighted by Crippen LogP contribution is -2.18. The minimum absolute atomic E-state index is 0.229. The summed E-state index contributed by atoms with van der Waals surface area (Å²) in [5.74, 6) is -1.07. The van der Waals surface area contributed by atoms with E-state index in [9.17, 15) is 13.6 Å². The smallest absolute Gasteiger partial charge is 0.260 e. The summed E-state index contributed by atoms with van der Waals surface area (Å²) in [5.41, 5.74) is -0.229. The molecule has 0 bridgehead atoms. The number of carbonyl (C=O) groups excluding carboxylic acids is 1. The van der Waals surface area contributed by atoms with E-state index in [1.807, 2.05) is 0 Å². The van der Waals surface area contributed by atoms with Crippen LogP contribution in [-0.4, -0.2) is 26.4 Å². The molecule has 0 radical (unpaired) electrons. The molecule has 0 aliphatic carbocycles. The van der Waals surface area contributed by atoms with Gasteiger partial charge in [0.05, 0.1) is 5.56 Å². The number of halogens is 2. The summed E-state index contributed by atoms with van der Waals surface area (Å²) in [6.07, 6.45) is 0.948. The number of carbonyl (C=O) groups is 1. The summed E-state index contributed by atoms with van der Waals surface area (Å²) >= 11 is 1.55. The van der Waals surface area contributed by atoms with Crippen molar-refractivity contribution in [2.75, 3.05) is 11.1 Å². The number of rotatable bonds is 2. The Kier molecular flexibility index (Phi) is 3.39. The SMILES string of the molecule is O=C(Nc1nnc2n1CCCS2)c1ccc(F)cc1F. The molecule has 0 unspecified atom stereocenters. The van der Waals surface area contributed by atoms with E-state index >= 15 is 0 Å². The first-order valence-electron chi connectivity index (χ1n) is 5.97. The summed E-state index contributed by atoms with van der Waals surface area (Å²) in [6, 6.07) is 2.80. The third-order valence-electron chi connectivity index (χ3n) is 2.88. The van der Waals surface area contributed by atoms with Crippen molar-refractivity contribution in [2.45, 2.75) is 18.1 Å². The Balaban J connectivity index is 1.84. The first-order chi connectivity index (χ1) is 9.65. The van der Waals surface area contributed by atoms with Gasteiger partial charge < -0.3 is 0 Å². The highest BCUT2D eigenvalue weighted by atomic mass is 32.2. The van der Waals surface area contributed by atoms with Gasteiger partial charge in [0.2, 0.25) is 5.95 Å². The van der Waals surface area contributed by atoms with Crippen molar-refractivity contribution < 1.29 is 13.6 Å². The van der Waals surface area contributed by atoms with Crippen LogP contribution in [-0.2, 0) is 6.54 Å². The van der Waals surface area contributed by atoms with E-state index in [1.165, 1.54) is 0 Å². The maximum Gasteiger partial charge on any atom is 0.260 e. The standard InChI is InChI=1S/C12H10F2N4OS/c13-7-2-3-8(9(14)6-7)10(19)15-11-16-17-12-18(11)4-1-5-20-12/h2-3,6H,1,4-5H2,(H,15,16,19). The summed E-state index contributed by atoms with van der Waals surface area (Å²) in [4.78, 5) is 12.0. The number of aromatic nitrogens is 3. The van der Waals surface area contributed by atoms with Crippen molar-refractivity contribution in [1.82, 2.24) is 14.8 Å². The summed E-state index contributed by atoms with van der Waals surface area (Å²) in [6.45, 7) is 0.705. The Morgan fingerprint density at radius 2 is 2.20 bits per heavy atom. The highest BCUT2D eigenvalue weighted by Gasteiger charge is 2.20. The van der Waals surface area contributed by atoms with Gasteiger partial charge in [-0.2, -0.15) is 0 Å². The van der Waals surface area contributed by atoms with Crippen LogP contribution in [0.1, 0.15) is 16.8 Å². The van der Waals surface area contributed by atoms with Crippen LogP contribution in [0.2, 0.25) is 0 Å². The van der Waals surface area contributed by atoms with Crippen molar-refractivity contribution in [1.29, 1.82) is 0 Å². The molecule has 0 spiro atoms. The van der Waals surface area contributed by atoms with Gasteiger partial charge in [0, 0.05) is 18.4 Å². The summed E-state index contributed by atoms with van der Waals surface area (Å²) < 4.78 is 28.1. The van der Waals surface area contributed by atoms with Crippen LogP contribution >= 0.6 is 11.8 Å². The van der Waals surface area contributed by atoms with Crippen LogP contribution in [0.3, 0.4) is 0 Å². The molecule has 104 valence electrons. The van der Waals surface area contributed by atoms with Gasteiger partial charge in [0.1, 0.15) is 11.6 Å². The number of hydrogen-bond donors (Lipinski definition) is 1. The monoisotopic (exact) mass is 296 g/mol. The lowest BCUT2D eigenvalue weighted by atomic mass is 10.2. The molecule has 1 N–H and O–H groups in total. The van der Waals surface area contributed by atoms with Crippen LogP contribution < -0.4 is 5.32 Å². The molecule has 1 amide bonds. The van der Waals surface area contributed by atoms with E-state index < -0.39 is 17.5 Å². The largest absolute Gasteiger partial charge is 0.290 e. The number of nitrogens with zero attached hydrogens (tertiary/aromatic N) is 3. The van der Waals surface area contributed by atoms with Crippen LogP contribution in [0.15, 0.2) is 23.4 Å². The van der Waals surface area contributed by atoms with Gasteiger partial charge in [-0.1, -0.05) is 11.8 Å². The molecule has 2 heterocycles. The Morgan fingerprint density at radius 1 is 1.35 bits per heavy atom. The number of benzene rings is 1. The van der Waals surface area contributed by atoms with Gasteiger partial charge in [-0.25, -0.2) is 8.78 Å². The zero-order valence-electron chi connectivity index (χ0n) is 10.3. The molecule has 0 atom stereocenters. The molecular formula is C12H10F2N4OS. The maximum absolute atomic E-state index is 13.5. The number of fused-ring (bicyclic) bond motifs is 1.